The molecule has 0 aliphatic carbocycles. The first-order chi connectivity index (χ1) is 5.66. The van der Waals surface area contributed by atoms with Crippen LogP contribution in [0.2, 0.25) is 0 Å². The minimum absolute atomic E-state index is 0.00620. The summed E-state index contributed by atoms with van der Waals surface area (Å²) in [7, 11) is 0. The molecule has 0 aromatic heterocycles. The van der Waals surface area contributed by atoms with E-state index in [1.807, 2.05) is 32.0 Å². The second-order valence-electron chi connectivity index (χ2n) is 2.89. The predicted octanol–water partition coefficient (Wildman–Crippen LogP) is 2.57. The van der Waals surface area contributed by atoms with E-state index in [4.69, 9.17) is 12.3 Å². The maximum absolute atomic E-state index is 6.91. The molecule has 0 heterocycles. The van der Waals surface area contributed by atoms with E-state index in [0.29, 0.717) is 5.69 Å². The molecule has 2 N–H and O–H groups in total. The van der Waals surface area contributed by atoms with Gasteiger partial charge in [0, 0.05) is 6.04 Å². The minimum Gasteiger partial charge on any atom is -0.324 e. The molecular weight excluding hydrogens is 148 g/mol. The standard InChI is InChI=1S/C10H12N2/c1-7-9(8(2)11)5-4-6-10(7)12-3/h4-6,8H,11H2,1-2H3/t8-/m1/s1. The van der Waals surface area contributed by atoms with Gasteiger partial charge in [0.1, 0.15) is 0 Å². The first-order valence-corrected chi connectivity index (χ1v) is 3.89. The van der Waals surface area contributed by atoms with Crippen LogP contribution in [0.4, 0.5) is 5.69 Å². The molecule has 0 unspecified atom stereocenters. The number of nitrogens with zero attached hydrogens (tertiary/aromatic N) is 1. The lowest BCUT2D eigenvalue weighted by Crippen LogP contribution is -2.06. The third kappa shape index (κ3) is 1.46. The van der Waals surface area contributed by atoms with E-state index in [2.05, 4.69) is 4.85 Å². The van der Waals surface area contributed by atoms with Crippen molar-refractivity contribution in [1.29, 1.82) is 0 Å². The van der Waals surface area contributed by atoms with Crippen LogP contribution in [0.3, 0.4) is 0 Å². The Morgan fingerprint density at radius 3 is 2.67 bits per heavy atom. The molecule has 62 valence electrons. The van der Waals surface area contributed by atoms with Crippen molar-refractivity contribution in [3.05, 3.63) is 40.7 Å². The Labute approximate surface area is 72.8 Å². The van der Waals surface area contributed by atoms with Crippen LogP contribution in [0.15, 0.2) is 18.2 Å². The molecule has 0 spiro atoms. The van der Waals surface area contributed by atoms with Gasteiger partial charge in [-0.05, 0) is 25.0 Å². The van der Waals surface area contributed by atoms with Gasteiger partial charge in [0.05, 0.1) is 6.57 Å². The van der Waals surface area contributed by atoms with Gasteiger partial charge in [-0.1, -0.05) is 18.2 Å². The number of nitrogens with two attached hydrogens (primary N) is 1. The van der Waals surface area contributed by atoms with Crippen LogP contribution >= 0.6 is 0 Å². The minimum atomic E-state index is 0.00620. The third-order valence-electron chi connectivity index (χ3n) is 1.96. The van der Waals surface area contributed by atoms with Gasteiger partial charge in [-0.3, -0.25) is 0 Å². The van der Waals surface area contributed by atoms with Crippen LogP contribution in [-0.2, 0) is 0 Å². The topological polar surface area (TPSA) is 30.4 Å². The van der Waals surface area contributed by atoms with Crippen LogP contribution in [0.5, 0.6) is 0 Å². The molecule has 1 atom stereocenters. The molecule has 1 aromatic rings. The summed E-state index contributed by atoms with van der Waals surface area (Å²) in [6, 6.07) is 5.66. The summed E-state index contributed by atoms with van der Waals surface area (Å²) in [6.45, 7) is 10.8. The van der Waals surface area contributed by atoms with Crippen LogP contribution in [0.25, 0.3) is 4.85 Å². The summed E-state index contributed by atoms with van der Waals surface area (Å²) >= 11 is 0. The lowest BCUT2D eigenvalue weighted by Gasteiger charge is -2.09. The van der Waals surface area contributed by atoms with Crippen molar-refractivity contribution in [1.82, 2.24) is 0 Å². The molecule has 1 rings (SSSR count). The maximum Gasteiger partial charge on any atom is 0.190 e. The smallest absolute Gasteiger partial charge is 0.190 e. The molecule has 0 saturated heterocycles. The quantitative estimate of drug-likeness (QED) is 0.629. The van der Waals surface area contributed by atoms with E-state index < -0.39 is 0 Å². The molecule has 0 fully saturated rings. The lowest BCUT2D eigenvalue weighted by molar-refractivity contribution is 0.811. The van der Waals surface area contributed by atoms with Gasteiger partial charge < -0.3 is 5.73 Å². The average molecular weight is 160 g/mol. The first-order valence-electron chi connectivity index (χ1n) is 3.89. The largest absolute Gasteiger partial charge is 0.324 e. The predicted molar refractivity (Wildman–Crippen MR) is 50.0 cm³/mol. The van der Waals surface area contributed by atoms with Crippen molar-refractivity contribution in [3.8, 4) is 0 Å². The zero-order valence-electron chi connectivity index (χ0n) is 7.33. The zero-order chi connectivity index (χ0) is 9.14. The van der Waals surface area contributed by atoms with Gasteiger partial charge in [0.2, 0.25) is 0 Å². The molecule has 0 aliphatic rings. The molecular formula is C10H12N2. The second kappa shape index (κ2) is 3.38. The number of hydrogen-bond acceptors (Lipinski definition) is 1. The number of hydrogen-bond donors (Lipinski definition) is 1. The molecule has 1 aromatic carbocycles. The van der Waals surface area contributed by atoms with Crippen molar-refractivity contribution in [2.24, 2.45) is 5.73 Å². The second-order valence-corrected chi connectivity index (χ2v) is 2.89. The first kappa shape index (κ1) is 8.76. The maximum atomic E-state index is 6.91. The van der Waals surface area contributed by atoms with Crippen LogP contribution in [-0.4, -0.2) is 0 Å². The van der Waals surface area contributed by atoms with Crippen LogP contribution in [0.1, 0.15) is 24.1 Å². The van der Waals surface area contributed by atoms with Gasteiger partial charge in [-0.2, -0.15) is 0 Å². The molecule has 0 radical (unpaired) electrons. The van der Waals surface area contributed by atoms with E-state index >= 15 is 0 Å². The van der Waals surface area contributed by atoms with Crippen molar-refractivity contribution in [3.63, 3.8) is 0 Å². The summed E-state index contributed by atoms with van der Waals surface area (Å²) < 4.78 is 0. The Morgan fingerprint density at radius 1 is 1.50 bits per heavy atom. The van der Waals surface area contributed by atoms with E-state index in [1.165, 1.54) is 0 Å². The number of benzene rings is 1. The molecule has 0 bridgehead atoms. The Kier molecular flexibility index (Phi) is 2.47. The van der Waals surface area contributed by atoms with Crippen molar-refractivity contribution in [2.45, 2.75) is 19.9 Å². The highest BCUT2D eigenvalue weighted by Crippen LogP contribution is 2.24. The zero-order valence-corrected chi connectivity index (χ0v) is 7.33. The van der Waals surface area contributed by atoms with E-state index in [1.54, 1.807) is 0 Å². The summed E-state index contributed by atoms with van der Waals surface area (Å²) in [5.41, 5.74) is 8.50. The monoisotopic (exact) mass is 160 g/mol. The van der Waals surface area contributed by atoms with Crippen molar-refractivity contribution in [2.75, 3.05) is 0 Å². The van der Waals surface area contributed by atoms with Crippen molar-refractivity contribution < 1.29 is 0 Å². The van der Waals surface area contributed by atoms with E-state index in [-0.39, 0.29) is 6.04 Å². The van der Waals surface area contributed by atoms with Gasteiger partial charge in [-0.15, -0.1) is 0 Å². The van der Waals surface area contributed by atoms with Gasteiger partial charge >= 0.3 is 0 Å². The fourth-order valence-corrected chi connectivity index (χ4v) is 1.26. The van der Waals surface area contributed by atoms with Gasteiger partial charge in [-0.25, -0.2) is 4.85 Å². The average Bonchev–Trinajstić information content (AvgIpc) is 2.04. The molecule has 0 aliphatic heterocycles. The Balaban J connectivity index is 3.25. The third-order valence-corrected chi connectivity index (χ3v) is 1.96. The Morgan fingerprint density at radius 2 is 2.17 bits per heavy atom. The highest BCUT2D eigenvalue weighted by atomic mass is 14.7. The lowest BCUT2D eigenvalue weighted by atomic mass is 10.0. The summed E-state index contributed by atoms with van der Waals surface area (Å²) in [4.78, 5) is 3.41. The summed E-state index contributed by atoms with van der Waals surface area (Å²) in [5.74, 6) is 0. The molecule has 2 heteroatoms. The molecule has 2 nitrogen and oxygen atoms in total. The number of rotatable bonds is 1. The van der Waals surface area contributed by atoms with Gasteiger partial charge in [0.25, 0.3) is 0 Å². The molecule has 0 saturated carbocycles. The normalized spacial score (nSPS) is 12.2. The molecule has 0 amide bonds. The van der Waals surface area contributed by atoms with Crippen molar-refractivity contribution >= 4 is 5.69 Å². The van der Waals surface area contributed by atoms with Gasteiger partial charge in [0.15, 0.2) is 5.69 Å². The Bertz CT molecular complexity index is 321. The Hall–Kier alpha value is -1.33. The van der Waals surface area contributed by atoms with E-state index in [0.717, 1.165) is 11.1 Å². The summed E-state index contributed by atoms with van der Waals surface area (Å²) in [5, 5.41) is 0. The van der Waals surface area contributed by atoms with Crippen LogP contribution < -0.4 is 5.73 Å². The van der Waals surface area contributed by atoms with E-state index in [9.17, 15) is 0 Å². The highest BCUT2D eigenvalue weighted by Gasteiger charge is 2.05. The van der Waals surface area contributed by atoms with Crippen LogP contribution in [0, 0.1) is 13.5 Å². The summed E-state index contributed by atoms with van der Waals surface area (Å²) in [6.07, 6.45) is 0. The fraction of sp³-hybridized carbons (Fsp3) is 0.300. The highest BCUT2D eigenvalue weighted by molar-refractivity contribution is 5.55. The molecule has 12 heavy (non-hydrogen) atoms. The fourth-order valence-electron chi connectivity index (χ4n) is 1.26. The SMILES string of the molecule is [C-]#[N+]c1cccc([C@@H](C)N)c1C.